The summed E-state index contributed by atoms with van der Waals surface area (Å²) in [6.45, 7) is 7.57. The third kappa shape index (κ3) is 2.87. The molecule has 1 saturated heterocycles. The van der Waals surface area contributed by atoms with Crippen LogP contribution in [0, 0.1) is 13.8 Å². The Hall–Kier alpha value is -0.870. The number of hydrogen-bond acceptors (Lipinski definition) is 3. The lowest BCUT2D eigenvalue weighted by molar-refractivity contribution is 0.292. The van der Waals surface area contributed by atoms with Crippen LogP contribution in [0.15, 0.2) is 0 Å². The first kappa shape index (κ1) is 12.6. The van der Waals surface area contributed by atoms with Gasteiger partial charge in [0.25, 0.3) is 0 Å². The molecule has 0 saturated carbocycles. The molecule has 2 rings (SSSR count). The Morgan fingerprint density at radius 3 is 2.76 bits per heavy atom. The van der Waals surface area contributed by atoms with Gasteiger partial charge in [0.15, 0.2) is 0 Å². The lowest BCUT2D eigenvalue weighted by Crippen LogP contribution is -2.35. The van der Waals surface area contributed by atoms with Gasteiger partial charge in [0, 0.05) is 37.4 Å². The molecule has 96 valence electrons. The van der Waals surface area contributed by atoms with Crippen molar-refractivity contribution in [1.82, 2.24) is 20.0 Å². The van der Waals surface area contributed by atoms with E-state index in [0.29, 0.717) is 6.04 Å². The monoisotopic (exact) mass is 236 g/mol. The van der Waals surface area contributed by atoms with Gasteiger partial charge in [-0.1, -0.05) is 0 Å². The van der Waals surface area contributed by atoms with Crippen LogP contribution in [0.4, 0.5) is 0 Å². The van der Waals surface area contributed by atoms with Gasteiger partial charge >= 0.3 is 0 Å². The molecule has 0 aliphatic carbocycles. The number of aromatic nitrogens is 2. The SMILES string of the molecule is Cc1nn(C)c(C)c1CN(C)CC1CCCN1. The highest BCUT2D eigenvalue weighted by molar-refractivity contribution is 5.24. The molecule has 2 heterocycles. The summed E-state index contributed by atoms with van der Waals surface area (Å²) in [6, 6.07) is 0.678. The summed E-state index contributed by atoms with van der Waals surface area (Å²) in [5, 5.41) is 8.02. The highest BCUT2D eigenvalue weighted by Crippen LogP contribution is 2.15. The number of hydrogen-bond donors (Lipinski definition) is 1. The van der Waals surface area contributed by atoms with Crippen molar-refractivity contribution >= 4 is 0 Å². The molecule has 0 radical (unpaired) electrons. The summed E-state index contributed by atoms with van der Waals surface area (Å²) >= 11 is 0. The van der Waals surface area contributed by atoms with Crippen LogP contribution in [-0.2, 0) is 13.6 Å². The Morgan fingerprint density at radius 1 is 1.47 bits per heavy atom. The second-order valence-electron chi connectivity index (χ2n) is 5.26. The minimum absolute atomic E-state index is 0.678. The predicted octanol–water partition coefficient (Wildman–Crippen LogP) is 1.22. The second-order valence-corrected chi connectivity index (χ2v) is 5.26. The number of nitrogens with one attached hydrogen (secondary N) is 1. The highest BCUT2D eigenvalue weighted by atomic mass is 15.3. The van der Waals surface area contributed by atoms with Crippen molar-refractivity contribution in [3.63, 3.8) is 0 Å². The van der Waals surface area contributed by atoms with Crippen LogP contribution in [0.2, 0.25) is 0 Å². The average molecular weight is 236 g/mol. The lowest BCUT2D eigenvalue weighted by Gasteiger charge is -2.21. The maximum absolute atomic E-state index is 4.47. The molecule has 4 heteroatoms. The van der Waals surface area contributed by atoms with Crippen LogP contribution in [0.5, 0.6) is 0 Å². The Kier molecular flexibility index (Phi) is 3.84. The Morgan fingerprint density at radius 2 is 2.24 bits per heavy atom. The van der Waals surface area contributed by atoms with Crippen LogP contribution in [0.3, 0.4) is 0 Å². The fourth-order valence-corrected chi connectivity index (χ4v) is 2.67. The molecule has 0 bridgehead atoms. The van der Waals surface area contributed by atoms with E-state index in [1.165, 1.54) is 30.6 Å². The van der Waals surface area contributed by atoms with Crippen molar-refractivity contribution < 1.29 is 0 Å². The molecular weight excluding hydrogens is 212 g/mol. The molecule has 0 aromatic carbocycles. The highest BCUT2D eigenvalue weighted by Gasteiger charge is 2.17. The van der Waals surface area contributed by atoms with Crippen molar-refractivity contribution in [2.24, 2.45) is 7.05 Å². The average Bonchev–Trinajstić information content (AvgIpc) is 2.83. The van der Waals surface area contributed by atoms with Crippen molar-refractivity contribution in [3.8, 4) is 0 Å². The van der Waals surface area contributed by atoms with Gasteiger partial charge in [0.05, 0.1) is 5.69 Å². The molecule has 0 spiro atoms. The summed E-state index contributed by atoms with van der Waals surface area (Å²) in [7, 11) is 4.22. The van der Waals surface area contributed by atoms with E-state index in [2.05, 4.69) is 36.2 Å². The largest absolute Gasteiger partial charge is 0.313 e. The minimum Gasteiger partial charge on any atom is -0.313 e. The molecule has 1 atom stereocenters. The predicted molar refractivity (Wildman–Crippen MR) is 70.0 cm³/mol. The van der Waals surface area contributed by atoms with Gasteiger partial charge < -0.3 is 10.2 Å². The minimum atomic E-state index is 0.678. The maximum Gasteiger partial charge on any atom is 0.0641 e. The van der Waals surface area contributed by atoms with E-state index >= 15 is 0 Å². The van der Waals surface area contributed by atoms with Crippen molar-refractivity contribution in [3.05, 3.63) is 17.0 Å². The fourth-order valence-electron chi connectivity index (χ4n) is 2.67. The summed E-state index contributed by atoms with van der Waals surface area (Å²) in [4.78, 5) is 2.40. The third-order valence-corrected chi connectivity index (χ3v) is 3.78. The molecule has 0 amide bonds. The van der Waals surface area contributed by atoms with Crippen LogP contribution in [0.1, 0.15) is 29.8 Å². The van der Waals surface area contributed by atoms with Crippen LogP contribution in [-0.4, -0.2) is 40.9 Å². The van der Waals surface area contributed by atoms with Gasteiger partial charge in [-0.25, -0.2) is 0 Å². The van der Waals surface area contributed by atoms with E-state index in [4.69, 9.17) is 0 Å². The molecule has 1 N–H and O–H groups in total. The fraction of sp³-hybridized carbons (Fsp3) is 0.769. The zero-order valence-electron chi connectivity index (χ0n) is 11.5. The van der Waals surface area contributed by atoms with Gasteiger partial charge in [0.2, 0.25) is 0 Å². The van der Waals surface area contributed by atoms with E-state index in [1.54, 1.807) is 0 Å². The van der Waals surface area contributed by atoms with Crippen molar-refractivity contribution in [1.29, 1.82) is 0 Å². The molecule has 1 aliphatic heterocycles. The molecule has 17 heavy (non-hydrogen) atoms. The maximum atomic E-state index is 4.47. The Bertz CT molecular complexity index is 377. The molecular formula is C13H24N4. The van der Waals surface area contributed by atoms with Gasteiger partial charge in [-0.2, -0.15) is 5.10 Å². The zero-order chi connectivity index (χ0) is 12.4. The van der Waals surface area contributed by atoms with Crippen LogP contribution < -0.4 is 5.32 Å². The summed E-state index contributed by atoms with van der Waals surface area (Å²) in [5.74, 6) is 0. The van der Waals surface area contributed by atoms with E-state index < -0.39 is 0 Å². The standard InChI is InChI=1S/C13H24N4/c1-10-13(11(2)17(4)15-10)9-16(3)8-12-6-5-7-14-12/h12,14H,5-9H2,1-4H3. The van der Waals surface area contributed by atoms with Crippen molar-refractivity contribution in [2.75, 3.05) is 20.1 Å². The molecule has 4 nitrogen and oxygen atoms in total. The van der Waals surface area contributed by atoms with Crippen LogP contribution in [0.25, 0.3) is 0 Å². The summed E-state index contributed by atoms with van der Waals surface area (Å²) in [5.41, 5.74) is 3.83. The first-order valence-electron chi connectivity index (χ1n) is 6.49. The number of likely N-dealkylation sites (N-methyl/N-ethyl adjacent to an activating group) is 1. The third-order valence-electron chi connectivity index (χ3n) is 3.78. The summed E-state index contributed by atoms with van der Waals surface area (Å²) < 4.78 is 1.98. The van der Waals surface area contributed by atoms with Gasteiger partial charge in [0.1, 0.15) is 0 Å². The summed E-state index contributed by atoms with van der Waals surface area (Å²) in [6.07, 6.45) is 2.64. The smallest absolute Gasteiger partial charge is 0.0641 e. The quantitative estimate of drug-likeness (QED) is 0.853. The topological polar surface area (TPSA) is 33.1 Å². The van der Waals surface area contributed by atoms with E-state index in [0.717, 1.165) is 18.8 Å². The first-order valence-corrected chi connectivity index (χ1v) is 6.49. The Balaban J connectivity index is 1.95. The lowest BCUT2D eigenvalue weighted by atomic mass is 10.1. The molecule has 1 aromatic rings. The van der Waals surface area contributed by atoms with E-state index in [9.17, 15) is 0 Å². The Labute approximate surface area is 104 Å². The zero-order valence-corrected chi connectivity index (χ0v) is 11.5. The van der Waals surface area contributed by atoms with Gasteiger partial charge in [-0.05, 0) is 40.3 Å². The number of nitrogens with zero attached hydrogens (tertiary/aromatic N) is 3. The van der Waals surface area contributed by atoms with Crippen molar-refractivity contribution in [2.45, 2.75) is 39.3 Å². The molecule has 1 aromatic heterocycles. The second kappa shape index (κ2) is 5.19. The van der Waals surface area contributed by atoms with E-state index in [-0.39, 0.29) is 0 Å². The molecule has 1 unspecified atom stereocenters. The van der Waals surface area contributed by atoms with Gasteiger partial charge in [-0.15, -0.1) is 0 Å². The molecule has 1 fully saturated rings. The first-order chi connectivity index (χ1) is 8.08. The molecule has 1 aliphatic rings. The van der Waals surface area contributed by atoms with E-state index in [1.807, 2.05) is 11.7 Å². The normalized spacial score (nSPS) is 20.4. The van der Waals surface area contributed by atoms with Crippen LogP contribution >= 0.6 is 0 Å². The number of aryl methyl sites for hydroxylation is 2. The van der Waals surface area contributed by atoms with Gasteiger partial charge in [-0.3, -0.25) is 4.68 Å². The number of rotatable bonds is 4.